The normalized spacial score (nSPS) is 9.27. The highest BCUT2D eigenvalue weighted by Gasteiger charge is 2.06. The van der Waals surface area contributed by atoms with Crippen LogP contribution in [0.5, 0.6) is 5.75 Å². The Morgan fingerprint density at radius 3 is 2.55 bits per heavy atom. The second-order valence-electron chi connectivity index (χ2n) is 1.97. The van der Waals surface area contributed by atoms with Crippen LogP contribution in [0.25, 0.3) is 0 Å². The highest BCUT2D eigenvalue weighted by molar-refractivity contribution is 9.18. The maximum atomic E-state index is 10.9. The van der Waals surface area contributed by atoms with Crippen LogP contribution in [-0.2, 0) is 0 Å². The molecule has 0 fully saturated rings. The lowest BCUT2D eigenvalue weighted by atomic mass is 10.2. The molecule has 0 aliphatic carbocycles. The number of benzene rings is 1. The number of rotatable bonds is 2. The number of methoxy groups -OCH3 is 1. The Hall–Kier alpha value is -0.830. The molecule has 1 aromatic rings. The van der Waals surface area contributed by atoms with Gasteiger partial charge in [0, 0.05) is 0 Å². The smallest absolute Gasteiger partial charge is 0.231 e. The Bertz CT molecular complexity index is 271. The molecule has 0 spiro atoms. The summed E-state index contributed by atoms with van der Waals surface area (Å²) in [6.07, 6.45) is 0. The lowest BCUT2D eigenvalue weighted by Gasteiger charge is -2.02. The van der Waals surface area contributed by atoms with Crippen molar-refractivity contribution in [1.82, 2.24) is 0 Å². The van der Waals surface area contributed by atoms with E-state index in [4.69, 9.17) is 4.74 Å². The van der Waals surface area contributed by atoms with Gasteiger partial charge in [-0.25, -0.2) is 0 Å². The van der Waals surface area contributed by atoms with Crippen molar-refractivity contribution in [2.75, 3.05) is 7.11 Å². The van der Waals surface area contributed by atoms with Gasteiger partial charge in [0.1, 0.15) is 5.75 Å². The Morgan fingerprint density at radius 1 is 1.45 bits per heavy atom. The van der Waals surface area contributed by atoms with E-state index in [9.17, 15) is 4.79 Å². The zero-order chi connectivity index (χ0) is 8.27. The van der Waals surface area contributed by atoms with Crippen LogP contribution in [-0.4, -0.2) is 11.8 Å². The van der Waals surface area contributed by atoms with E-state index in [0.717, 1.165) is 0 Å². The molecule has 0 atom stereocenters. The van der Waals surface area contributed by atoms with Gasteiger partial charge in [0.15, 0.2) is 0 Å². The van der Waals surface area contributed by atoms with Gasteiger partial charge in [0.25, 0.3) is 0 Å². The van der Waals surface area contributed by atoms with E-state index in [1.165, 1.54) is 7.11 Å². The molecule has 0 unspecified atom stereocenters. The molecule has 11 heavy (non-hydrogen) atoms. The molecule has 0 saturated carbocycles. The van der Waals surface area contributed by atoms with Crippen LogP contribution in [0.15, 0.2) is 24.3 Å². The first-order valence-electron chi connectivity index (χ1n) is 3.08. The molecule has 0 bridgehead atoms. The molecule has 3 heteroatoms. The third-order valence-electron chi connectivity index (χ3n) is 1.32. The minimum absolute atomic E-state index is 0.157. The van der Waals surface area contributed by atoms with Crippen LogP contribution < -0.4 is 4.74 Å². The maximum Gasteiger partial charge on any atom is 0.231 e. The Morgan fingerprint density at radius 2 is 2.09 bits per heavy atom. The fraction of sp³-hybridized carbons (Fsp3) is 0.125. The highest BCUT2D eigenvalue weighted by atomic mass is 79.9. The van der Waals surface area contributed by atoms with E-state index in [1.54, 1.807) is 18.2 Å². The quantitative estimate of drug-likeness (QED) is 0.707. The summed E-state index contributed by atoms with van der Waals surface area (Å²) in [5, 5.41) is 0. The number of halogens is 1. The number of carbonyl (C=O) groups excluding carboxylic acids is 1. The van der Waals surface area contributed by atoms with Crippen LogP contribution >= 0.6 is 15.9 Å². The summed E-state index contributed by atoms with van der Waals surface area (Å²) in [5.41, 5.74) is 0.551. The molecule has 2 nitrogen and oxygen atoms in total. The van der Waals surface area contributed by atoms with Gasteiger partial charge in [-0.1, -0.05) is 12.1 Å². The minimum Gasteiger partial charge on any atom is -0.496 e. The first-order chi connectivity index (χ1) is 5.25. The van der Waals surface area contributed by atoms with Gasteiger partial charge in [0.05, 0.1) is 12.7 Å². The molecule has 0 radical (unpaired) electrons. The maximum absolute atomic E-state index is 10.9. The van der Waals surface area contributed by atoms with E-state index in [2.05, 4.69) is 15.9 Å². The van der Waals surface area contributed by atoms with Crippen LogP contribution in [0.2, 0.25) is 0 Å². The summed E-state index contributed by atoms with van der Waals surface area (Å²) >= 11 is 2.86. The number of hydrogen-bond donors (Lipinski definition) is 0. The van der Waals surface area contributed by atoms with Crippen molar-refractivity contribution in [3.63, 3.8) is 0 Å². The molecular formula is C8H7BrO2. The molecule has 0 saturated heterocycles. The van der Waals surface area contributed by atoms with Crippen LogP contribution in [0.1, 0.15) is 10.4 Å². The fourth-order valence-corrected chi connectivity index (χ4v) is 1.13. The first kappa shape index (κ1) is 8.27. The van der Waals surface area contributed by atoms with Crippen molar-refractivity contribution in [3.05, 3.63) is 29.8 Å². The summed E-state index contributed by atoms with van der Waals surface area (Å²) in [4.78, 5) is 10.9. The summed E-state index contributed by atoms with van der Waals surface area (Å²) in [5.74, 6) is 0.592. The summed E-state index contributed by atoms with van der Waals surface area (Å²) in [6.45, 7) is 0. The molecule has 0 aromatic heterocycles. The number of ether oxygens (including phenoxy) is 1. The van der Waals surface area contributed by atoms with E-state index < -0.39 is 0 Å². The fourth-order valence-electron chi connectivity index (χ4n) is 0.807. The van der Waals surface area contributed by atoms with Gasteiger partial charge in [-0.3, -0.25) is 4.79 Å². The summed E-state index contributed by atoms with van der Waals surface area (Å²) in [7, 11) is 1.54. The van der Waals surface area contributed by atoms with Crippen LogP contribution in [0.4, 0.5) is 0 Å². The van der Waals surface area contributed by atoms with Gasteiger partial charge >= 0.3 is 0 Å². The van der Waals surface area contributed by atoms with Crippen molar-refractivity contribution >= 4 is 20.6 Å². The third-order valence-corrected chi connectivity index (χ3v) is 1.75. The molecule has 0 N–H and O–H groups in total. The SMILES string of the molecule is COc1ccccc1C(=O)Br. The zero-order valence-corrected chi connectivity index (χ0v) is 7.59. The van der Waals surface area contributed by atoms with E-state index >= 15 is 0 Å². The second-order valence-corrected chi connectivity index (χ2v) is 2.69. The number of para-hydroxylation sites is 1. The lowest BCUT2D eigenvalue weighted by Crippen LogP contribution is -1.93. The molecule has 58 valence electrons. The standard InChI is InChI=1S/C8H7BrO2/c1-11-7-5-3-2-4-6(7)8(9)10/h2-5H,1H3. The first-order valence-corrected chi connectivity index (χ1v) is 3.88. The Labute approximate surface area is 73.3 Å². The van der Waals surface area contributed by atoms with Crippen molar-refractivity contribution < 1.29 is 9.53 Å². The number of carbonyl (C=O) groups is 1. The largest absolute Gasteiger partial charge is 0.496 e. The van der Waals surface area contributed by atoms with Crippen molar-refractivity contribution in [2.24, 2.45) is 0 Å². The summed E-state index contributed by atoms with van der Waals surface area (Å²) in [6, 6.07) is 7.06. The molecule has 0 heterocycles. The molecule has 1 rings (SSSR count). The monoisotopic (exact) mass is 214 g/mol. The third kappa shape index (κ3) is 1.80. The van der Waals surface area contributed by atoms with Crippen molar-refractivity contribution in [3.8, 4) is 5.75 Å². The Balaban J connectivity index is 3.12. The van der Waals surface area contributed by atoms with Gasteiger partial charge in [-0.15, -0.1) is 0 Å². The van der Waals surface area contributed by atoms with Gasteiger partial charge in [0.2, 0.25) is 4.69 Å². The van der Waals surface area contributed by atoms with E-state index in [0.29, 0.717) is 11.3 Å². The van der Waals surface area contributed by atoms with Gasteiger partial charge < -0.3 is 4.74 Å². The topological polar surface area (TPSA) is 26.3 Å². The average molecular weight is 215 g/mol. The van der Waals surface area contributed by atoms with E-state index in [-0.39, 0.29) is 4.69 Å². The minimum atomic E-state index is -0.157. The second kappa shape index (κ2) is 3.53. The predicted molar refractivity (Wildman–Crippen MR) is 46.3 cm³/mol. The van der Waals surface area contributed by atoms with Gasteiger partial charge in [-0.05, 0) is 28.1 Å². The zero-order valence-electron chi connectivity index (χ0n) is 6.00. The van der Waals surface area contributed by atoms with Crippen molar-refractivity contribution in [2.45, 2.75) is 0 Å². The molecule has 1 aromatic carbocycles. The predicted octanol–water partition coefficient (Wildman–Crippen LogP) is 2.23. The molecule has 0 aliphatic heterocycles. The number of hydrogen-bond acceptors (Lipinski definition) is 2. The van der Waals surface area contributed by atoms with E-state index in [1.807, 2.05) is 6.07 Å². The highest BCUT2D eigenvalue weighted by Crippen LogP contribution is 2.19. The molecular weight excluding hydrogens is 208 g/mol. The average Bonchev–Trinajstić information content (AvgIpc) is 2.04. The lowest BCUT2D eigenvalue weighted by molar-refractivity contribution is 0.109. The van der Waals surface area contributed by atoms with Gasteiger partial charge in [-0.2, -0.15) is 0 Å². The van der Waals surface area contributed by atoms with Crippen LogP contribution in [0, 0.1) is 0 Å². The van der Waals surface area contributed by atoms with Crippen LogP contribution in [0.3, 0.4) is 0 Å². The Kier molecular flexibility index (Phi) is 2.65. The van der Waals surface area contributed by atoms with Crippen molar-refractivity contribution in [1.29, 1.82) is 0 Å². The molecule has 0 amide bonds. The summed E-state index contributed by atoms with van der Waals surface area (Å²) < 4.78 is 4.80. The molecule has 0 aliphatic rings.